The van der Waals surface area contributed by atoms with Crippen LogP contribution in [0.1, 0.15) is 0 Å². The van der Waals surface area contributed by atoms with Gasteiger partial charge >= 0.3 is 0 Å². The molecule has 2 aromatic rings. The van der Waals surface area contributed by atoms with Crippen LogP contribution in [-0.4, -0.2) is 18.6 Å². The molecule has 10 heteroatoms. The Kier molecular flexibility index (Phi) is 3.59. The second-order valence-electron chi connectivity index (χ2n) is 3.05. The highest BCUT2D eigenvalue weighted by atomic mass is 79.9. The Labute approximate surface area is 113 Å². The third-order valence-corrected chi connectivity index (χ3v) is 4.85. The highest BCUT2D eigenvalue weighted by Crippen LogP contribution is 2.28. The summed E-state index contributed by atoms with van der Waals surface area (Å²) < 4.78 is 52.0. The second kappa shape index (κ2) is 4.86. The number of rotatable bonds is 3. The van der Waals surface area contributed by atoms with E-state index in [0.717, 1.165) is 17.4 Å². The molecule has 0 bridgehead atoms. The topological polar surface area (TPSA) is 72.0 Å². The first-order valence-electron chi connectivity index (χ1n) is 4.33. The maximum atomic E-state index is 13.5. The lowest BCUT2D eigenvalue weighted by atomic mass is 10.3. The Morgan fingerprint density at radius 2 is 2.06 bits per heavy atom. The van der Waals surface area contributed by atoms with E-state index in [1.165, 1.54) is 5.51 Å². The number of halogens is 3. The van der Waals surface area contributed by atoms with Crippen molar-refractivity contribution in [2.24, 2.45) is 0 Å². The van der Waals surface area contributed by atoms with Crippen molar-refractivity contribution in [3.05, 3.63) is 33.8 Å². The molecule has 18 heavy (non-hydrogen) atoms. The van der Waals surface area contributed by atoms with E-state index in [1.807, 2.05) is 4.72 Å². The monoisotopic (exact) mass is 355 g/mol. The number of hydrogen-bond acceptors (Lipinski definition) is 5. The Hall–Kier alpha value is -1.13. The zero-order chi connectivity index (χ0) is 13.3. The summed E-state index contributed by atoms with van der Waals surface area (Å²) in [7, 11) is -4.19. The molecule has 0 aliphatic carbocycles. The molecule has 0 aliphatic rings. The first kappa shape index (κ1) is 13.3. The Bertz CT molecular complexity index is 653. The summed E-state index contributed by atoms with van der Waals surface area (Å²) in [4.78, 5) is -0.681. The first-order chi connectivity index (χ1) is 8.40. The standard InChI is InChI=1S/C8H4BrF2N3O2S2/c9-5-1-4(10)2-6(11)7(5)18(15,16)14-8-13-12-3-17-8/h1-3H,(H,13,14). The fourth-order valence-electron chi connectivity index (χ4n) is 1.17. The van der Waals surface area contributed by atoms with Gasteiger partial charge in [0.2, 0.25) is 5.13 Å². The lowest BCUT2D eigenvalue weighted by Crippen LogP contribution is -2.15. The lowest BCUT2D eigenvalue weighted by molar-refractivity contribution is 0.548. The van der Waals surface area contributed by atoms with Crippen LogP contribution in [0.4, 0.5) is 13.9 Å². The number of benzene rings is 1. The van der Waals surface area contributed by atoms with Crippen molar-refractivity contribution in [3.8, 4) is 0 Å². The average molecular weight is 356 g/mol. The second-order valence-corrected chi connectivity index (χ2v) is 6.35. The Morgan fingerprint density at radius 3 is 2.61 bits per heavy atom. The third-order valence-electron chi connectivity index (χ3n) is 1.81. The molecule has 0 saturated carbocycles. The zero-order valence-electron chi connectivity index (χ0n) is 8.39. The molecule has 1 N–H and O–H groups in total. The summed E-state index contributed by atoms with van der Waals surface area (Å²) in [5.41, 5.74) is 1.31. The summed E-state index contributed by atoms with van der Waals surface area (Å²) in [5, 5.41) is 6.90. The molecule has 1 aromatic carbocycles. The summed E-state index contributed by atoms with van der Waals surface area (Å²) in [5.74, 6) is -2.08. The predicted molar refractivity (Wildman–Crippen MR) is 64.8 cm³/mol. The maximum absolute atomic E-state index is 13.5. The molecular weight excluding hydrogens is 352 g/mol. The van der Waals surface area contributed by atoms with Crippen molar-refractivity contribution in [1.29, 1.82) is 0 Å². The van der Waals surface area contributed by atoms with Crippen molar-refractivity contribution in [2.75, 3.05) is 4.72 Å². The van der Waals surface area contributed by atoms with Crippen molar-refractivity contribution in [3.63, 3.8) is 0 Å². The quantitative estimate of drug-likeness (QED) is 0.917. The first-order valence-corrected chi connectivity index (χ1v) is 7.49. The highest BCUT2D eigenvalue weighted by molar-refractivity contribution is 9.10. The molecule has 2 rings (SSSR count). The minimum absolute atomic E-state index is 0.00868. The van der Waals surface area contributed by atoms with Crippen LogP contribution in [0.5, 0.6) is 0 Å². The van der Waals surface area contributed by atoms with Gasteiger partial charge in [0.1, 0.15) is 22.0 Å². The molecule has 96 valence electrons. The molecule has 5 nitrogen and oxygen atoms in total. The molecule has 0 aliphatic heterocycles. The number of aromatic nitrogens is 2. The van der Waals surface area contributed by atoms with Gasteiger partial charge in [-0.15, -0.1) is 10.2 Å². The summed E-state index contributed by atoms with van der Waals surface area (Å²) in [6.45, 7) is 0. The SMILES string of the molecule is O=S(=O)(Nc1nncs1)c1c(F)cc(F)cc1Br. The normalized spacial score (nSPS) is 11.5. The van der Waals surface area contributed by atoms with Crippen LogP contribution in [0.25, 0.3) is 0 Å². The molecule has 0 unspecified atom stereocenters. The van der Waals surface area contributed by atoms with E-state index in [4.69, 9.17) is 0 Å². The molecule has 1 heterocycles. The summed E-state index contributed by atoms with van der Waals surface area (Å²) >= 11 is 3.74. The summed E-state index contributed by atoms with van der Waals surface area (Å²) in [6, 6.07) is 1.34. The van der Waals surface area contributed by atoms with E-state index >= 15 is 0 Å². The van der Waals surface area contributed by atoms with Gasteiger partial charge in [0.05, 0.1) is 0 Å². The third kappa shape index (κ3) is 2.65. The van der Waals surface area contributed by atoms with Gasteiger partial charge in [-0.2, -0.15) is 0 Å². The minimum Gasteiger partial charge on any atom is -0.253 e. The zero-order valence-corrected chi connectivity index (χ0v) is 11.6. The maximum Gasteiger partial charge on any atom is 0.267 e. The van der Waals surface area contributed by atoms with Crippen molar-refractivity contribution in [1.82, 2.24) is 10.2 Å². The van der Waals surface area contributed by atoms with Crippen LogP contribution in [0.3, 0.4) is 0 Å². The van der Waals surface area contributed by atoms with Crippen LogP contribution < -0.4 is 4.72 Å². The Morgan fingerprint density at radius 1 is 1.33 bits per heavy atom. The Balaban J connectivity index is 2.48. The number of anilines is 1. The largest absolute Gasteiger partial charge is 0.267 e. The van der Waals surface area contributed by atoms with Gasteiger partial charge in [-0.05, 0) is 22.0 Å². The van der Waals surface area contributed by atoms with Crippen LogP contribution >= 0.6 is 27.3 Å². The predicted octanol–water partition coefficient (Wildman–Crippen LogP) is 2.38. The van der Waals surface area contributed by atoms with Crippen LogP contribution in [0.2, 0.25) is 0 Å². The van der Waals surface area contributed by atoms with Gasteiger partial charge in [0.25, 0.3) is 10.0 Å². The average Bonchev–Trinajstić information content (AvgIpc) is 2.66. The van der Waals surface area contributed by atoms with Crippen molar-refractivity contribution < 1.29 is 17.2 Å². The van der Waals surface area contributed by atoms with Gasteiger partial charge in [-0.1, -0.05) is 11.3 Å². The molecule has 0 saturated heterocycles. The van der Waals surface area contributed by atoms with Crippen molar-refractivity contribution in [2.45, 2.75) is 4.90 Å². The summed E-state index contributed by atoms with van der Waals surface area (Å²) in [6.07, 6.45) is 0. The van der Waals surface area contributed by atoms with Crippen LogP contribution in [-0.2, 0) is 10.0 Å². The molecule has 0 radical (unpaired) electrons. The number of nitrogens with zero attached hydrogens (tertiary/aromatic N) is 2. The minimum atomic E-state index is -4.19. The van der Waals surface area contributed by atoms with E-state index in [-0.39, 0.29) is 9.60 Å². The molecule has 1 aromatic heterocycles. The molecule has 0 amide bonds. The van der Waals surface area contributed by atoms with E-state index in [2.05, 4.69) is 26.1 Å². The van der Waals surface area contributed by atoms with E-state index in [9.17, 15) is 17.2 Å². The lowest BCUT2D eigenvalue weighted by Gasteiger charge is -2.08. The number of nitrogens with one attached hydrogen (secondary N) is 1. The van der Waals surface area contributed by atoms with E-state index < -0.39 is 26.6 Å². The van der Waals surface area contributed by atoms with Crippen molar-refractivity contribution >= 4 is 42.4 Å². The molecule has 0 atom stereocenters. The molecular formula is C8H4BrF2N3O2S2. The van der Waals surface area contributed by atoms with Gasteiger partial charge in [0, 0.05) is 10.5 Å². The van der Waals surface area contributed by atoms with E-state index in [1.54, 1.807) is 0 Å². The fraction of sp³-hybridized carbons (Fsp3) is 0. The smallest absolute Gasteiger partial charge is 0.253 e. The molecule has 0 fully saturated rings. The van der Waals surface area contributed by atoms with E-state index in [0.29, 0.717) is 6.07 Å². The number of hydrogen-bond donors (Lipinski definition) is 1. The van der Waals surface area contributed by atoms with Gasteiger partial charge in [-0.3, -0.25) is 4.72 Å². The van der Waals surface area contributed by atoms with Gasteiger partial charge < -0.3 is 0 Å². The fourth-order valence-corrected chi connectivity index (χ4v) is 4.03. The van der Waals surface area contributed by atoms with Crippen LogP contribution in [0.15, 0.2) is 27.0 Å². The van der Waals surface area contributed by atoms with Gasteiger partial charge in [-0.25, -0.2) is 17.2 Å². The van der Waals surface area contributed by atoms with Crippen LogP contribution in [0, 0.1) is 11.6 Å². The molecule has 0 spiro atoms. The van der Waals surface area contributed by atoms with Gasteiger partial charge in [0.15, 0.2) is 0 Å². The highest BCUT2D eigenvalue weighted by Gasteiger charge is 2.24. The number of sulfonamides is 1.